The summed E-state index contributed by atoms with van der Waals surface area (Å²) >= 11 is 1.76. The van der Waals surface area contributed by atoms with Crippen molar-refractivity contribution in [1.29, 1.82) is 0 Å². The molecule has 0 amide bonds. The summed E-state index contributed by atoms with van der Waals surface area (Å²) in [6.07, 6.45) is 2.11. The number of benzene rings is 1. The van der Waals surface area contributed by atoms with E-state index in [1.54, 1.807) is 26.0 Å². The predicted molar refractivity (Wildman–Crippen MR) is 88.7 cm³/mol. The van der Waals surface area contributed by atoms with E-state index in [9.17, 15) is 0 Å². The van der Waals surface area contributed by atoms with Gasteiger partial charge in [0.1, 0.15) is 0 Å². The van der Waals surface area contributed by atoms with Crippen LogP contribution in [-0.2, 0) is 6.54 Å². The van der Waals surface area contributed by atoms with Crippen molar-refractivity contribution in [2.45, 2.75) is 37.4 Å². The van der Waals surface area contributed by atoms with Gasteiger partial charge in [0, 0.05) is 36.6 Å². The highest BCUT2D eigenvalue weighted by molar-refractivity contribution is 7.98. The van der Waals surface area contributed by atoms with E-state index in [1.807, 2.05) is 0 Å². The molecule has 0 saturated carbocycles. The molecule has 1 aliphatic heterocycles. The molecular formula is C16H26N2O2S. The van der Waals surface area contributed by atoms with Crippen molar-refractivity contribution in [3.05, 3.63) is 17.7 Å². The van der Waals surface area contributed by atoms with E-state index in [0.717, 1.165) is 31.1 Å². The molecule has 5 heteroatoms. The number of rotatable bonds is 5. The van der Waals surface area contributed by atoms with Gasteiger partial charge in [0.15, 0.2) is 11.5 Å². The van der Waals surface area contributed by atoms with Gasteiger partial charge in [0.2, 0.25) is 0 Å². The highest BCUT2D eigenvalue weighted by atomic mass is 32.2. The minimum atomic E-state index is 0.541. The van der Waals surface area contributed by atoms with Gasteiger partial charge < -0.3 is 14.8 Å². The fourth-order valence-electron chi connectivity index (χ4n) is 2.75. The van der Waals surface area contributed by atoms with Crippen molar-refractivity contribution < 1.29 is 9.47 Å². The third-order valence-corrected chi connectivity index (χ3v) is 4.87. The van der Waals surface area contributed by atoms with Crippen LogP contribution < -0.4 is 14.8 Å². The van der Waals surface area contributed by atoms with E-state index in [1.165, 1.54) is 10.5 Å². The maximum Gasteiger partial charge on any atom is 0.161 e. The summed E-state index contributed by atoms with van der Waals surface area (Å²) in [5.41, 5.74) is 1.31. The topological polar surface area (TPSA) is 33.7 Å². The molecule has 0 aromatic heterocycles. The molecule has 21 heavy (non-hydrogen) atoms. The molecule has 1 N–H and O–H groups in total. The third-order valence-electron chi connectivity index (χ3n) is 4.05. The zero-order valence-corrected chi connectivity index (χ0v) is 14.4. The Balaban J connectivity index is 2.25. The molecule has 2 unspecified atom stereocenters. The van der Waals surface area contributed by atoms with E-state index >= 15 is 0 Å². The van der Waals surface area contributed by atoms with Crippen LogP contribution in [0.1, 0.15) is 19.4 Å². The first-order valence-corrected chi connectivity index (χ1v) is 8.57. The Kier molecular flexibility index (Phi) is 5.79. The molecular weight excluding hydrogens is 284 g/mol. The summed E-state index contributed by atoms with van der Waals surface area (Å²) in [4.78, 5) is 3.79. The Morgan fingerprint density at radius 1 is 1.24 bits per heavy atom. The first kappa shape index (κ1) is 16.5. The molecule has 1 heterocycles. The van der Waals surface area contributed by atoms with Crippen LogP contribution in [0.4, 0.5) is 0 Å². The molecule has 1 saturated heterocycles. The van der Waals surface area contributed by atoms with Crippen LogP contribution in [0, 0.1) is 0 Å². The van der Waals surface area contributed by atoms with Crippen LogP contribution in [0.15, 0.2) is 17.0 Å². The number of methoxy groups -OCH3 is 2. The SMILES string of the molecule is COc1cc(CN2CC(C)NCC2C)c(SC)cc1OC. The van der Waals surface area contributed by atoms with Gasteiger partial charge in [0.05, 0.1) is 14.2 Å². The van der Waals surface area contributed by atoms with E-state index < -0.39 is 0 Å². The Bertz CT molecular complexity index is 482. The number of thioether (sulfide) groups is 1. The highest BCUT2D eigenvalue weighted by Gasteiger charge is 2.23. The van der Waals surface area contributed by atoms with Crippen molar-refractivity contribution in [2.24, 2.45) is 0 Å². The van der Waals surface area contributed by atoms with E-state index in [-0.39, 0.29) is 0 Å². The largest absolute Gasteiger partial charge is 0.493 e. The number of nitrogens with one attached hydrogen (secondary N) is 1. The van der Waals surface area contributed by atoms with Gasteiger partial charge in [-0.05, 0) is 37.8 Å². The first-order valence-electron chi connectivity index (χ1n) is 7.35. The fraction of sp³-hybridized carbons (Fsp3) is 0.625. The van der Waals surface area contributed by atoms with Gasteiger partial charge in [0.25, 0.3) is 0 Å². The molecule has 1 aliphatic rings. The zero-order chi connectivity index (χ0) is 15.4. The van der Waals surface area contributed by atoms with Crippen LogP contribution in [0.2, 0.25) is 0 Å². The lowest BCUT2D eigenvalue weighted by atomic mass is 10.1. The summed E-state index contributed by atoms with van der Waals surface area (Å²) in [6, 6.07) is 5.28. The van der Waals surface area contributed by atoms with Gasteiger partial charge in [-0.25, -0.2) is 0 Å². The predicted octanol–water partition coefficient (Wildman–Crippen LogP) is 2.61. The smallest absolute Gasteiger partial charge is 0.161 e. The van der Waals surface area contributed by atoms with Crippen molar-refractivity contribution in [1.82, 2.24) is 10.2 Å². The molecule has 1 aromatic carbocycles. The summed E-state index contributed by atoms with van der Waals surface area (Å²) < 4.78 is 10.8. The summed E-state index contributed by atoms with van der Waals surface area (Å²) in [5.74, 6) is 1.61. The molecule has 2 rings (SSSR count). The van der Waals surface area contributed by atoms with E-state index in [0.29, 0.717) is 12.1 Å². The highest BCUT2D eigenvalue weighted by Crippen LogP contribution is 2.35. The monoisotopic (exact) mass is 310 g/mol. The number of piperazine rings is 1. The molecule has 0 radical (unpaired) electrons. The molecule has 1 aromatic rings. The normalized spacial score (nSPS) is 23.1. The summed E-state index contributed by atoms with van der Waals surface area (Å²) in [6.45, 7) is 7.58. The quantitative estimate of drug-likeness (QED) is 0.846. The minimum Gasteiger partial charge on any atom is -0.493 e. The lowest BCUT2D eigenvalue weighted by Gasteiger charge is -2.37. The average Bonchev–Trinajstić information content (AvgIpc) is 2.50. The number of ether oxygens (including phenoxy) is 2. The standard InChI is InChI=1S/C16H26N2O2S/c1-11-9-18(12(2)8-17-11)10-13-6-14(19-3)15(20-4)7-16(13)21-5/h6-7,11-12,17H,8-10H2,1-5H3. The van der Waals surface area contributed by atoms with Gasteiger partial charge in [-0.1, -0.05) is 0 Å². The first-order chi connectivity index (χ1) is 10.1. The van der Waals surface area contributed by atoms with E-state index in [2.05, 4.69) is 42.5 Å². The molecule has 1 fully saturated rings. The summed E-state index contributed by atoms with van der Waals surface area (Å²) in [5, 5.41) is 3.53. The molecule has 118 valence electrons. The van der Waals surface area contributed by atoms with Gasteiger partial charge in [-0.3, -0.25) is 4.90 Å². The Hall–Kier alpha value is -0.910. The maximum atomic E-state index is 5.45. The lowest BCUT2D eigenvalue weighted by Crippen LogP contribution is -2.53. The van der Waals surface area contributed by atoms with Crippen LogP contribution >= 0.6 is 11.8 Å². The second-order valence-corrected chi connectivity index (χ2v) is 6.45. The van der Waals surface area contributed by atoms with Crippen LogP contribution in [-0.4, -0.2) is 50.5 Å². The fourth-order valence-corrected chi connectivity index (χ4v) is 3.36. The van der Waals surface area contributed by atoms with Crippen LogP contribution in [0.3, 0.4) is 0 Å². The van der Waals surface area contributed by atoms with Gasteiger partial charge in [-0.15, -0.1) is 11.8 Å². The second kappa shape index (κ2) is 7.38. The lowest BCUT2D eigenvalue weighted by molar-refractivity contribution is 0.137. The number of hydrogen-bond acceptors (Lipinski definition) is 5. The molecule has 0 spiro atoms. The molecule has 0 aliphatic carbocycles. The maximum absolute atomic E-state index is 5.45. The number of hydrogen-bond donors (Lipinski definition) is 1. The minimum absolute atomic E-state index is 0.541. The van der Waals surface area contributed by atoms with Gasteiger partial charge in [-0.2, -0.15) is 0 Å². The van der Waals surface area contributed by atoms with Crippen molar-refractivity contribution in [3.63, 3.8) is 0 Å². The Morgan fingerprint density at radius 2 is 1.90 bits per heavy atom. The number of nitrogens with zero attached hydrogens (tertiary/aromatic N) is 1. The molecule has 2 atom stereocenters. The molecule has 4 nitrogen and oxygen atoms in total. The summed E-state index contributed by atoms with van der Waals surface area (Å²) in [7, 11) is 3.37. The third kappa shape index (κ3) is 3.84. The zero-order valence-electron chi connectivity index (χ0n) is 13.6. The van der Waals surface area contributed by atoms with Crippen LogP contribution in [0.5, 0.6) is 11.5 Å². The van der Waals surface area contributed by atoms with Crippen molar-refractivity contribution in [3.8, 4) is 11.5 Å². The van der Waals surface area contributed by atoms with Crippen molar-refractivity contribution >= 4 is 11.8 Å². The van der Waals surface area contributed by atoms with Crippen LogP contribution in [0.25, 0.3) is 0 Å². The molecule has 0 bridgehead atoms. The Morgan fingerprint density at radius 3 is 2.52 bits per heavy atom. The second-order valence-electron chi connectivity index (χ2n) is 5.61. The average molecular weight is 310 g/mol. The Labute approximate surface area is 132 Å². The van der Waals surface area contributed by atoms with E-state index in [4.69, 9.17) is 9.47 Å². The van der Waals surface area contributed by atoms with Gasteiger partial charge >= 0.3 is 0 Å². The van der Waals surface area contributed by atoms with Crippen molar-refractivity contribution in [2.75, 3.05) is 33.6 Å².